The van der Waals surface area contributed by atoms with Crippen molar-refractivity contribution in [1.82, 2.24) is 0 Å². The van der Waals surface area contributed by atoms with Gasteiger partial charge in [-0.15, -0.1) is 0 Å². The van der Waals surface area contributed by atoms with Gasteiger partial charge in [0.2, 0.25) is 0 Å². The zero-order valence-corrected chi connectivity index (χ0v) is 12.9. The number of unbranched alkanes of at least 4 members (excludes halogenated alkanes) is 2. The summed E-state index contributed by atoms with van der Waals surface area (Å²) in [6.45, 7) is 4.80. The van der Waals surface area contributed by atoms with Gasteiger partial charge in [-0.25, -0.2) is 8.78 Å². The molecule has 0 atom stereocenters. The van der Waals surface area contributed by atoms with Crippen molar-refractivity contribution in [3.8, 4) is 0 Å². The minimum absolute atomic E-state index is 0.110. The Morgan fingerprint density at radius 2 is 1.85 bits per heavy atom. The summed E-state index contributed by atoms with van der Waals surface area (Å²) in [5, 5.41) is 0. The van der Waals surface area contributed by atoms with Gasteiger partial charge in [0, 0.05) is 22.8 Å². The molecular weight excluding hydrogens is 278 g/mol. The van der Waals surface area contributed by atoms with E-state index in [9.17, 15) is 8.78 Å². The van der Waals surface area contributed by atoms with Gasteiger partial charge in [-0.05, 0) is 37.6 Å². The van der Waals surface area contributed by atoms with Gasteiger partial charge in [0.05, 0.1) is 6.61 Å². The number of thioether (sulfide) groups is 1. The van der Waals surface area contributed by atoms with Gasteiger partial charge in [-0.2, -0.15) is 0 Å². The molecule has 0 aliphatic rings. The average molecular weight is 300 g/mol. The lowest BCUT2D eigenvalue weighted by molar-refractivity contribution is 0.173. The van der Waals surface area contributed by atoms with Crippen molar-refractivity contribution < 1.29 is 13.5 Å². The van der Waals surface area contributed by atoms with Crippen LogP contribution in [0.5, 0.6) is 0 Å². The summed E-state index contributed by atoms with van der Waals surface area (Å²) in [5.74, 6) is -0.394. The number of halogens is 2. The molecule has 0 heterocycles. The lowest BCUT2D eigenvalue weighted by Crippen LogP contribution is -1.98. The van der Waals surface area contributed by atoms with Crippen molar-refractivity contribution in [1.29, 1.82) is 0 Å². The highest BCUT2D eigenvalue weighted by atomic mass is 32.2. The van der Waals surface area contributed by atoms with Crippen LogP contribution in [0.4, 0.5) is 8.78 Å². The SMILES string of the molecule is CCCCC/C(F)=C(/COCC)Sc1ccc(F)cc1. The van der Waals surface area contributed by atoms with Crippen LogP contribution in [-0.4, -0.2) is 13.2 Å². The summed E-state index contributed by atoms with van der Waals surface area (Å²) in [4.78, 5) is 1.42. The van der Waals surface area contributed by atoms with E-state index < -0.39 is 0 Å². The van der Waals surface area contributed by atoms with E-state index in [4.69, 9.17) is 4.74 Å². The van der Waals surface area contributed by atoms with Gasteiger partial charge in [-0.3, -0.25) is 0 Å². The van der Waals surface area contributed by atoms with E-state index >= 15 is 0 Å². The van der Waals surface area contributed by atoms with Crippen molar-refractivity contribution in [2.45, 2.75) is 44.4 Å². The third kappa shape index (κ3) is 6.53. The van der Waals surface area contributed by atoms with E-state index in [1.54, 1.807) is 12.1 Å². The second-order valence-corrected chi connectivity index (χ2v) is 5.65. The smallest absolute Gasteiger partial charge is 0.123 e. The number of hydrogen-bond donors (Lipinski definition) is 0. The van der Waals surface area contributed by atoms with Crippen LogP contribution >= 0.6 is 11.8 Å². The highest BCUT2D eigenvalue weighted by Crippen LogP contribution is 2.31. The molecule has 0 aromatic heterocycles. The number of benzene rings is 1. The van der Waals surface area contributed by atoms with Crippen molar-refractivity contribution in [2.75, 3.05) is 13.2 Å². The highest BCUT2D eigenvalue weighted by Gasteiger charge is 2.09. The van der Waals surface area contributed by atoms with E-state index in [1.807, 2.05) is 6.92 Å². The predicted molar refractivity (Wildman–Crippen MR) is 81.0 cm³/mol. The van der Waals surface area contributed by atoms with Crippen LogP contribution in [0.15, 0.2) is 39.9 Å². The molecule has 0 amide bonds. The Kier molecular flexibility index (Phi) is 8.54. The zero-order chi connectivity index (χ0) is 14.8. The Morgan fingerprint density at radius 1 is 1.15 bits per heavy atom. The van der Waals surface area contributed by atoms with Gasteiger partial charge in [0.15, 0.2) is 0 Å². The third-order valence-corrected chi connectivity index (χ3v) is 3.89. The molecule has 1 nitrogen and oxygen atoms in total. The Labute approximate surface area is 124 Å². The van der Waals surface area contributed by atoms with Crippen LogP contribution in [0, 0.1) is 5.82 Å². The molecular formula is C16H22F2OS. The first-order valence-corrected chi connectivity index (χ1v) is 7.87. The van der Waals surface area contributed by atoms with Gasteiger partial charge in [0.1, 0.15) is 11.6 Å². The summed E-state index contributed by atoms with van der Waals surface area (Å²) < 4.78 is 32.4. The minimum Gasteiger partial charge on any atom is -0.376 e. The molecule has 0 saturated heterocycles. The zero-order valence-electron chi connectivity index (χ0n) is 12.1. The Bertz CT molecular complexity index is 415. The monoisotopic (exact) mass is 300 g/mol. The molecule has 0 N–H and O–H groups in total. The van der Waals surface area contributed by atoms with Crippen LogP contribution in [0.25, 0.3) is 0 Å². The van der Waals surface area contributed by atoms with Gasteiger partial charge in [-0.1, -0.05) is 31.5 Å². The second-order valence-electron chi connectivity index (χ2n) is 4.48. The predicted octanol–water partition coefficient (Wildman–Crippen LogP) is 5.72. The quantitative estimate of drug-likeness (QED) is 0.426. The molecule has 0 unspecified atom stereocenters. The minimum atomic E-state index is -0.284. The highest BCUT2D eigenvalue weighted by molar-refractivity contribution is 8.03. The lowest BCUT2D eigenvalue weighted by atomic mass is 10.2. The van der Waals surface area contributed by atoms with E-state index in [2.05, 4.69) is 6.92 Å². The first-order valence-electron chi connectivity index (χ1n) is 7.06. The van der Waals surface area contributed by atoms with Gasteiger partial charge in [0.25, 0.3) is 0 Å². The Morgan fingerprint density at radius 3 is 2.45 bits per heavy atom. The maximum atomic E-state index is 14.2. The topological polar surface area (TPSA) is 9.23 Å². The molecule has 0 fully saturated rings. The Balaban J connectivity index is 2.71. The molecule has 0 bridgehead atoms. The molecule has 112 valence electrons. The van der Waals surface area contributed by atoms with Crippen molar-refractivity contribution in [3.63, 3.8) is 0 Å². The molecule has 0 radical (unpaired) electrons. The standard InChI is InChI=1S/C16H22F2OS/c1-3-5-6-7-15(18)16(12-19-4-2)20-14-10-8-13(17)9-11-14/h8-11H,3-7,12H2,1-2H3/b16-15+. The summed E-state index contributed by atoms with van der Waals surface area (Å²) in [6.07, 6.45) is 3.39. The van der Waals surface area contributed by atoms with Crippen molar-refractivity contribution in [2.24, 2.45) is 0 Å². The fourth-order valence-electron chi connectivity index (χ4n) is 1.67. The number of allylic oxidation sites excluding steroid dienone is 1. The number of rotatable bonds is 9. The first kappa shape index (κ1) is 17.2. The molecule has 20 heavy (non-hydrogen) atoms. The normalized spacial score (nSPS) is 12.4. The van der Waals surface area contributed by atoms with Gasteiger partial charge < -0.3 is 4.74 Å². The summed E-state index contributed by atoms with van der Waals surface area (Å²) in [6, 6.07) is 6.09. The van der Waals surface area contributed by atoms with Crippen molar-refractivity contribution >= 4 is 11.8 Å². The van der Waals surface area contributed by atoms with E-state index in [1.165, 1.54) is 23.9 Å². The fourth-order valence-corrected chi connectivity index (χ4v) is 2.58. The number of ether oxygens (including phenoxy) is 1. The molecule has 1 rings (SSSR count). The van der Waals surface area contributed by atoms with Gasteiger partial charge >= 0.3 is 0 Å². The van der Waals surface area contributed by atoms with Crippen LogP contribution < -0.4 is 0 Å². The van der Waals surface area contributed by atoms with E-state index in [0.29, 0.717) is 17.9 Å². The summed E-state index contributed by atoms with van der Waals surface area (Å²) in [7, 11) is 0. The molecule has 1 aromatic carbocycles. The Hall–Kier alpha value is -0.870. The maximum absolute atomic E-state index is 14.2. The van der Waals surface area contributed by atoms with Crippen molar-refractivity contribution in [3.05, 3.63) is 40.8 Å². The number of hydrogen-bond acceptors (Lipinski definition) is 2. The van der Waals surface area contributed by atoms with Crippen LogP contribution in [0.3, 0.4) is 0 Å². The van der Waals surface area contributed by atoms with E-state index in [0.717, 1.165) is 24.2 Å². The van der Waals surface area contributed by atoms with Crippen LogP contribution in [-0.2, 0) is 4.74 Å². The fraction of sp³-hybridized carbons (Fsp3) is 0.500. The summed E-state index contributed by atoms with van der Waals surface area (Å²) >= 11 is 1.32. The maximum Gasteiger partial charge on any atom is 0.123 e. The molecule has 0 saturated carbocycles. The molecule has 4 heteroatoms. The molecule has 0 aliphatic heterocycles. The van der Waals surface area contributed by atoms with E-state index in [-0.39, 0.29) is 18.3 Å². The second kappa shape index (κ2) is 9.94. The van der Waals surface area contributed by atoms with Crippen LogP contribution in [0.2, 0.25) is 0 Å². The first-order chi connectivity index (χ1) is 9.67. The molecule has 1 aromatic rings. The third-order valence-electron chi connectivity index (χ3n) is 2.79. The molecule has 0 aliphatic carbocycles. The lowest BCUT2D eigenvalue weighted by Gasteiger charge is -2.10. The van der Waals surface area contributed by atoms with Crippen LogP contribution in [0.1, 0.15) is 39.5 Å². The largest absolute Gasteiger partial charge is 0.376 e. The summed E-state index contributed by atoms with van der Waals surface area (Å²) in [5.41, 5.74) is 0. The molecule has 0 spiro atoms. The average Bonchev–Trinajstić information content (AvgIpc) is 2.45.